The van der Waals surface area contributed by atoms with Gasteiger partial charge in [0.25, 0.3) is 5.91 Å². The predicted molar refractivity (Wildman–Crippen MR) is 148 cm³/mol. The Balaban J connectivity index is 1.75. The Bertz CT molecular complexity index is 1230. The lowest BCUT2D eigenvalue weighted by Crippen LogP contribution is -2.49. The number of aliphatic hydroxyl groups excluding tert-OH is 1. The second kappa shape index (κ2) is 15.1. The van der Waals surface area contributed by atoms with Crippen LogP contribution in [-0.2, 0) is 30.6 Å². The number of aliphatic hydroxyl groups is 1. The third-order valence-corrected chi connectivity index (χ3v) is 6.43. The monoisotopic (exact) mass is 537 g/mol. The molecule has 0 aromatic heterocycles. The zero-order chi connectivity index (χ0) is 28.2. The normalized spacial score (nSPS) is 12.5. The van der Waals surface area contributed by atoms with E-state index in [9.17, 15) is 23.5 Å². The summed E-state index contributed by atoms with van der Waals surface area (Å²) in [7, 11) is 0. The average molecular weight is 538 g/mol. The maximum atomic E-state index is 13.9. The first-order valence-corrected chi connectivity index (χ1v) is 13.4. The minimum absolute atomic E-state index is 0.00768. The number of rotatable bonds is 14. The number of carbonyl (C=O) groups is 2. The van der Waals surface area contributed by atoms with Crippen LogP contribution >= 0.6 is 0 Å². The lowest BCUT2D eigenvalue weighted by molar-refractivity contribution is -0.120. The average Bonchev–Trinajstić information content (AvgIpc) is 2.91. The van der Waals surface area contributed by atoms with Crippen molar-refractivity contribution in [1.29, 1.82) is 0 Å². The van der Waals surface area contributed by atoms with Crippen LogP contribution in [0.4, 0.5) is 8.78 Å². The van der Waals surface area contributed by atoms with E-state index in [0.717, 1.165) is 24.5 Å². The molecule has 2 amide bonds. The highest BCUT2D eigenvalue weighted by molar-refractivity contribution is 5.97. The van der Waals surface area contributed by atoms with Gasteiger partial charge in [0, 0.05) is 31.3 Å². The first kappa shape index (κ1) is 29.9. The summed E-state index contributed by atoms with van der Waals surface area (Å²) >= 11 is 0. The van der Waals surface area contributed by atoms with Crippen LogP contribution in [0.25, 0.3) is 0 Å². The van der Waals surface area contributed by atoms with Crippen molar-refractivity contribution in [2.75, 3.05) is 13.1 Å². The van der Waals surface area contributed by atoms with Gasteiger partial charge in [-0.25, -0.2) is 8.78 Å². The van der Waals surface area contributed by atoms with E-state index in [-0.39, 0.29) is 25.3 Å². The largest absolute Gasteiger partial charge is 0.390 e. The molecular formula is C31H37F2N3O3. The van der Waals surface area contributed by atoms with E-state index in [4.69, 9.17) is 0 Å². The maximum absolute atomic E-state index is 13.9. The van der Waals surface area contributed by atoms with E-state index in [2.05, 4.69) is 28.9 Å². The number of nitrogens with one attached hydrogen (secondary N) is 3. The second-order valence-corrected chi connectivity index (χ2v) is 9.62. The fraction of sp³-hybridized carbons (Fsp3) is 0.355. The van der Waals surface area contributed by atoms with Gasteiger partial charge in [0.05, 0.1) is 18.6 Å². The Morgan fingerprint density at radius 2 is 1.62 bits per heavy atom. The number of halogens is 2. The third kappa shape index (κ3) is 9.57. The topological polar surface area (TPSA) is 90.5 Å². The fourth-order valence-corrected chi connectivity index (χ4v) is 4.37. The third-order valence-electron chi connectivity index (χ3n) is 6.43. The number of hydrogen-bond acceptors (Lipinski definition) is 4. The first-order chi connectivity index (χ1) is 18.8. The molecule has 0 spiro atoms. The molecule has 3 aromatic rings. The summed E-state index contributed by atoms with van der Waals surface area (Å²) in [6, 6.07) is 17.2. The summed E-state index contributed by atoms with van der Waals surface area (Å²) in [5, 5.41) is 19.9. The molecule has 39 heavy (non-hydrogen) atoms. The molecule has 0 bridgehead atoms. The molecule has 0 heterocycles. The molecule has 0 radical (unpaired) electrons. The van der Waals surface area contributed by atoms with Gasteiger partial charge < -0.3 is 21.1 Å². The van der Waals surface area contributed by atoms with Crippen LogP contribution in [0.1, 0.15) is 52.9 Å². The lowest BCUT2D eigenvalue weighted by Gasteiger charge is -2.25. The van der Waals surface area contributed by atoms with E-state index in [1.165, 1.54) is 17.7 Å². The Hall–Kier alpha value is -3.62. The molecule has 3 rings (SSSR count). The molecule has 0 fully saturated rings. The van der Waals surface area contributed by atoms with Gasteiger partial charge in [0.15, 0.2) is 0 Å². The number of carbonyl (C=O) groups excluding carboxylic acids is 2. The van der Waals surface area contributed by atoms with E-state index < -0.39 is 29.7 Å². The standard InChI is InChI=1S/C31H37F2N3O3/c1-3-12-35-30(38)17-24-10-5-6-11-27(24)31(39)36-28(16-23-14-25(32)18-26(33)15-23)29(37)20-34-19-22-9-7-8-21(4-2)13-22/h5-11,13-15,18,28-29,34,37H,3-4,12,16-17,19-20H2,1-2H3,(H,35,38)(H,36,39). The summed E-state index contributed by atoms with van der Waals surface area (Å²) in [4.78, 5) is 25.6. The van der Waals surface area contributed by atoms with Gasteiger partial charge >= 0.3 is 0 Å². The molecular weight excluding hydrogens is 500 g/mol. The molecule has 0 aliphatic rings. The van der Waals surface area contributed by atoms with E-state index in [0.29, 0.717) is 29.8 Å². The van der Waals surface area contributed by atoms with Gasteiger partial charge in [-0.3, -0.25) is 9.59 Å². The van der Waals surface area contributed by atoms with E-state index >= 15 is 0 Å². The molecule has 4 N–H and O–H groups in total. The van der Waals surface area contributed by atoms with Crippen LogP contribution < -0.4 is 16.0 Å². The second-order valence-electron chi connectivity index (χ2n) is 9.62. The molecule has 6 nitrogen and oxygen atoms in total. The number of hydrogen-bond donors (Lipinski definition) is 4. The molecule has 0 saturated heterocycles. The van der Waals surface area contributed by atoms with Crippen LogP contribution in [0, 0.1) is 11.6 Å². The van der Waals surface area contributed by atoms with Gasteiger partial charge in [0.2, 0.25) is 5.91 Å². The van der Waals surface area contributed by atoms with Crippen molar-refractivity contribution < 1.29 is 23.5 Å². The fourth-order valence-electron chi connectivity index (χ4n) is 4.37. The maximum Gasteiger partial charge on any atom is 0.251 e. The van der Waals surface area contributed by atoms with E-state index in [1.807, 2.05) is 25.1 Å². The number of benzene rings is 3. The smallest absolute Gasteiger partial charge is 0.251 e. The summed E-state index contributed by atoms with van der Waals surface area (Å²) in [5.74, 6) is -2.14. The van der Waals surface area contributed by atoms with Gasteiger partial charge in [0.1, 0.15) is 11.6 Å². The van der Waals surface area contributed by atoms with Crippen LogP contribution in [0.15, 0.2) is 66.7 Å². The molecule has 2 unspecified atom stereocenters. The van der Waals surface area contributed by atoms with Crippen molar-refractivity contribution in [3.63, 3.8) is 0 Å². The number of aryl methyl sites for hydroxylation is 1. The molecule has 3 aromatic carbocycles. The molecule has 8 heteroatoms. The van der Waals surface area contributed by atoms with Crippen molar-refractivity contribution >= 4 is 11.8 Å². The van der Waals surface area contributed by atoms with Gasteiger partial charge in [-0.1, -0.05) is 56.3 Å². The van der Waals surface area contributed by atoms with Crippen molar-refractivity contribution in [3.05, 3.63) is 106 Å². The zero-order valence-corrected chi connectivity index (χ0v) is 22.5. The highest BCUT2D eigenvalue weighted by Crippen LogP contribution is 2.15. The lowest BCUT2D eigenvalue weighted by atomic mass is 9.98. The minimum atomic E-state index is -1.06. The predicted octanol–water partition coefficient (Wildman–Crippen LogP) is 4.09. The van der Waals surface area contributed by atoms with Gasteiger partial charge in [-0.15, -0.1) is 0 Å². The highest BCUT2D eigenvalue weighted by Gasteiger charge is 2.24. The van der Waals surface area contributed by atoms with Crippen LogP contribution in [0.5, 0.6) is 0 Å². The molecule has 0 aliphatic carbocycles. The van der Waals surface area contributed by atoms with E-state index in [1.54, 1.807) is 24.3 Å². The van der Waals surface area contributed by atoms with Crippen molar-refractivity contribution in [3.8, 4) is 0 Å². The molecule has 2 atom stereocenters. The zero-order valence-electron chi connectivity index (χ0n) is 22.5. The van der Waals surface area contributed by atoms with Crippen LogP contribution in [0.2, 0.25) is 0 Å². The van der Waals surface area contributed by atoms with Gasteiger partial charge in [-0.2, -0.15) is 0 Å². The highest BCUT2D eigenvalue weighted by atomic mass is 19.1. The summed E-state index contributed by atoms with van der Waals surface area (Å²) in [6.45, 7) is 5.22. The Labute approximate surface area is 228 Å². The van der Waals surface area contributed by atoms with Gasteiger partial charge in [-0.05, 0) is 59.7 Å². The Kier molecular flexibility index (Phi) is 11.6. The molecule has 208 valence electrons. The van der Waals surface area contributed by atoms with Crippen molar-refractivity contribution in [1.82, 2.24) is 16.0 Å². The van der Waals surface area contributed by atoms with Crippen molar-refractivity contribution in [2.45, 2.75) is 58.2 Å². The summed E-state index contributed by atoms with van der Waals surface area (Å²) in [5.41, 5.74) is 3.41. The first-order valence-electron chi connectivity index (χ1n) is 13.4. The van der Waals surface area contributed by atoms with Crippen LogP contribution in [-0.4, -0.2) is 42.2 Å². The molecule has 0 saturated carbocycles. The Morgan fingerprint density at radius 1 is 0.897 bits per heavy atom. The number of amides is 2. The SMILES string of the molecule is CCCNC(=O)Cc1ccccc1C(=O)NC(Cc1cc(F)cc(F)c1)C(O)CNCc1cccc(CC)c1. The summed E-state index contributed by atoms with van der Waals surface area (Å²) < 4.78 is 27.8. The van der Waals surface area contributed by atoms with Crippen molar-refractivity contribution in [2.24, 2.45) is 0 Å². The summed E-state index contributed by atoms with van der Waals surface area (Å²) in [6.07, 6.45) is 0.690. The molecule has 0 aliphatic heterocycles. The Morgan fingerprint density at radius 3 is 2.33 bits per heavy atom. The van der Waals surface area contributed by atoms with Crippen LogP contribution in [0.3, 0.4) is 0 Å². The minimum Gasteiger partial charge on any atom is -0.390 e. The quantitative estimate of drug-likeness (QED) is 0.249.